The zero-order chi connectivity index (χ0) is 19.7. The van der Waals surface area contributed by atoms with Crippen LogP contribution in [-0.2, 0) is 0 Å². The van der Waals surface area contributed by atoms with Gasteiger partial charge in [-0.05, 0) is 47.1 Å². The first kappa shape index (κ1) is 19.8. The highest BCUT2D eigenvalue weighted by molar-refractivity contribution is 8.36. The number of fused-ring (bicyclic) bond motifs is 5. The van der Waals surface area contributed by atoms with E-state index in [1.165, 1.54) is 29.8 Å². The molecule has 0 aliphatic heterocycles. The molecule has 0 saturated heterocycles. The molecule has 0 aromatic carbocycles. The van der Waals surface area contributed by atoms with Gasteiger partial charge in [0, 0.05) is 15.0 Å². The molecule has 0 bridgehead atoms. The number of nitrogens with zero attached hydrogens (tertiary/aromatic N) is 1. The fraction of sp³-hybridized carbons (Fsp3) is 0.545. The number of rotatable bonds is 5. The van der Waals surface area contributed by atoms with Gasteiger partial charge in [-0.15, -0.1) is 34.0 Å². The minimum Gasteiger partial charge on any atom is -0.335 e. The molecule has 0 saturated carbocycles. The molecule has 4 aromatic heterocycles. The minimum absolute atomic E-state index is 0.486. The third kappa shape index (κ3) is 2.61. The van der Waals surface area contributed by atoms with Gasteiger partial charge < -0.3 is 4.57 Å². The topological polar surface area (TPSA) is 4.93 Å². The van der Waals surface area contributed by atoms with Crippen LogP contribution in [0.3, 0.4) is 0 Å². The van der Waals surface area contributed by atoms with Crippen LogP contribution < -0.4 is 0 Å². The molecule has 4 rings (SSSR count). The summed E-state index contributed by atoms with van der Waals surface area (Å²) < 4.78 is 10.3. The molecule has 0 aliphatic carbocycles. The summed E-state index contributed by atoms with van der Waals surface area (Å²) >= 11 is 6.02. The third-order valence-corrected chi connectivity index (χ3v) is 15.7. The van der Waals surface area contributed by atoms with Crippen LogP contribution in [0.15, 0.2) is 21.7 Å². The zero-order valence-electron chi connectivity index (χ0n) is 17.6. The fourth-order valence-corrected chi connectivity index (χ4v) is 16.1. The van der Waals surface area contributed by atoms with Crippen molar-refractivity contribution in [2.75, 3.05) is 0 Å². The summed E-state index contributed by atoms with van der Waals surface area (Å²) in [5.41, 5.74) is 2.91. The molecule has 0 amide bonds. The lowest BCUT2D eigenvalue weighted by molar-refractivity contribution is 0.644. The van der Waals surface area contributed by atoms with Crippen molar-refractivity contribution in [2.24, 2.45) is 0 Å². The molecule has 0 spiro atoms. The van der Waals surface area contributed by atoms with Crippen molar-refractivity contribution in [3.05, 3.63) is 17.5 Å². The van der Waals surface area contributed by atoms with Crippen molar-refractivity contribution in [2.45, 2.75) is 81.4 Å². The highest BCUT2D eigenvalue weighted by Gasteiger charge is 2.38. The molecular weight excluding hydrogens is 407 g/mol. The Hall–Kier alpha value is -0.490. The molecule has 0 atom stereocenters. The number of hydrogen-bond donors (Lipinski definition) is 0. The Morgan fingerprint density at radius 2 is 1.44 bits per heavy atom. The molecule has 0 aliphatic rings. The maximum absolute atomic E-state index is 2.58. The van der Waals surface area contributed by atoms with Crippen molar-refractivity contribution in [3.63, 3.8) is 0 Å². The van der Waals surface area contributed by atoms with E-state index in [0.29, 0.717) is 21.8 Å². The summed E-state index contributed by atoms with van der Waals surface area (Å²) in [5.74, 6) is 0. The van der Waals surface area contributed by atoms with Crippen LogP contribution in [-0.4, -0.2) is 20.3 Å². The summed E-state index contributed by atoms with van der Waals surface area (Å²) in [6.45, 7) is 19.3. The summed E-state index contributed by atoms with van der Waals surface area (Å²) in [5, 5.41) is 4.37. The van der Waals surface area contributed by atoms with Crippen LogP contribution in [0.1, 0.15) is 61.4 Å². The molecule has 5 heteroatoms. The Balaban J connectivity index is 2.06. The Bertz CT molecular complexity index is 1080. The maximum atomic E-state index is 2.58. The second-order valence-electron chi connectivity index (χ2n) is 8.55. The fourth-order valence-electron chi connectivity index (χ4n) is 5.05. The Morgan fingerprint density at radius 3 is 2.00 bits per heavy atom. The quantitative estimate of drug-likeness (QED) is 0.293. The number of aromatic nitrogens is 1. The van der Waals surface area contributed by atoms with Gasteiger partial charge in [0.15, 0.2) is 0 Å². The standard InChI is InChI=1S/C22H31NS4/c1-12(2)23-16-9-10-24-20(16)22-19(23)21-17(25-22)11-18(26-21)27(13(3)4,14(5)6)15(7)8/h9-15H,1-8H3. The lowest BCUT2D eigenvalue weighted by Gasteiger charge is -2.50. The van der Waals surface area contributed by atoms with Crippen molar-refractivity contribution in [1.82, 2.24) is 4.57 Å². The molecule has 4 heterocycles. The predicted molar refractivity (Wildman–Crippen MR) is 132 cm³/mol. The first-order valence-corrected chi connectivity index (χ1v) is 14.3. The van der Waals surface area contributed by atoms with Crippen molar-refractivity contribution < 1.29 is 0 Å². The minimum atomic E-state index is -0.857. The highest BCUT2D eigenvalue weighted by atomic mass is 32.3. The van der Waals surface area contributed by atoms with E-state index >= 15 is 0 Å². The predicted octanol–water partition coefficient (Wildman–Crippen LogP) is 9.10. The SMILES string of the molecule is CC(C)n1c2ccsc2c2sc3cc(S(C(C)C)(C(C)C)C(C)C)sc3c21. The second-order valence-corrected chi connectivity index (χ2v) is 16.6. The smallest absolute Gasteiger partial charge is 0.0794 e. The molecular formula is C22H31NS4. The average molecular weight is 438 g/mol. The van der Waals surface area contributed by atoms with Gasteiger partial charge in [0.2, 0.25) is 0 Å². The molecule has 0 radical (unpaired) electrons. The number of hydrogen-bond acceptors (Lipinski definition) is 3. The van der Waals surface area contributed by atoms with Gasteiger partial charge in [-0.25, -0.2) is 0 Å². The molecule has 27 heavy (non-hydrogen) atoms. The van der Waals surface area contributed by atoms with Crippen molar-refractivity contribution >= 4 is 73.9 Å². The van der Waals surface area contributed by atoms with E-state index in [0.717, 1.165) is 0 Å². The summed E-state index contributed by atoms with van der Waals surface area (Å²) in [6, 6.07) is 5.36. The van der Waals surface area contributed by atoms with E-state index in [-0.39, 0.29) is 0 Å². The van der Waals surface area contributed by atoms with Crippen LogP contribution in [0.4, 0.5) is 0 Å². The Labute approximate surface area is 176 Å². The van der Waals surface area contributed by atoms with Crippen molar-refractivity contribution in [3.8, 4) is 0 Å². The lowest BCUT2D eigenvalue weighted by Crippen LogP contribution is -2.28. The van der Waals surface area contributed by atoms with Gasteiger partial charge in [-0.2, -0.15) is 10.0 Å². The highest BCUT2D eigenvalue weighted by Crippen LogP contribution is 2.69. The van der Waals surface area contributed by atoms with Gasteiger partial charge in [0.05, 0.1) is 25.1 Å². The first-order chi connectivity index (χ1) is 12.7. The molecule has 1 nitrogen and oxygen atoms in total. The molecule has 0 fully saturated rings. The van der Waals surface area contributed by atoms with E-state index in [2.05, 4.69) is 88.8 Å². The summed E-state index contributed by atoms with van der Waals surface area (Å²) in [7, 11) is -0.857. The van der Waals surface area contributed by atoms with Gasteiger partial charge >= 0.3 is 0 Å². The van der Waals surface area contributed by atoms with E-state index in [1.807, 2.05) is 22.7 Å². The average Bonchev–Trinajstić information content (AvgIpc) is 3.24. The molecule has 0 unspecified atom stereocenters. The van der Waals surface area contributed by atoms with Crippen LogP contribution in [0.25, 0.3) is 29.8 Å². The van der Waals surface area contributed by atoms with Gasteiger partial charge in [-0.1, -0.05) is 41.5 Å². The summed E-state index contributed by atoms with van der Waals surface area (Å²) in [4.78, 5) is 0. The first-order valence-electron chi connectivity index (χ1n) is 9.94. The lowest BCUT2D eigenvalue weighted by atomic mass is 10.3. The van der Waals surface area contributed by atoms with E-state index < -0.39 is 10.0 Å². The van der Waals surface area contributed by atoms with Gasteiger partial charge in [0.1, 0.15) is 0 Å². The van der Waals surface area contributed by atoms with E-state index in [4.69, 9.17) is 0 Å². The third-order valence-electron chi connectivity index (χ3n) is 5.87. The molecule has 0 N–H and O–H groups in total. The van der Waals surface area contributed by atoms with Crippen LogP contribution in [0.2, 0.25) is 0 Å². The van der Waals surface area contributed by atoms with Gasteiger partial charge in [0.25, 0.3) is 0 Å². The van der Waals surface area contributed by atoms with Crippen LogP contribution in [0, 0.1) is 0 Å². The van der Waals surface area contributed by atoms with E-state index in [9.17, 15) is 0 Å². The monoisotopic (exact) mass is 437 g/mol. The van der Waals surface area contributed by atoms with Gasteiger partial charge in [-0.3, -0.25) is 0 Å². The van der Waals surface area contributed by atoms with E-state index in [1.54, 1.807) is 4.21 Å². The normalized spacial score (nSPS) is 14.4. The van der Waals surface area contributed by atoms with Crippen molar-refractivity contribution in [1.29, 1.82) is 0 Å². The second kappa shape index (κ2) is 6.79. The van der Waals surface area contributed by atoms with Crippen LogP contribution in [0.5, 0.6) is 0 Å². The van der Waals surface area contributed by atoms with Crippen LogP contribution >= 0.6 is 44.0 Å². The molecule has 4 aromatic rings. The Morgan fingerprint density at radius 1 is 0.815 bits per heavy atom. The Kier molecular flexibility index (Phi) is 4.98. The zero-order valence-corrected chi connectivity index (χ0v) is 20.9. The summed E-state index contributed by atoms with van der Waals surface area (Å²) in [6.07, 6.45) is 0. The number of thiophene rings is 3. The molecule has 148 valence electrons. The largest absolute Gasteiger partial charge is 0.335 e. The maximum Gasteiger partial charge on any atom is 0.0794 e.